The van der Waals surface area contributed by atoms with Crippen molar-refractivity contribution in [1.29, 1.82) is 0 Å². The van der Waals surface area contributed by atoms with Crippen molar-refractivity contribution in [2.24, 2.45) is 11.8 Å². The third kappa shape index (κ3) is 3.41. The van der Waals surface area contributed by atoms with Crippen molar-refractivity contribution in [2.75, 3.05) is 24.5 Å². The summed E-state index contributed by atoms with van der Waals surface area (Å²) in [7, 11) is 0. The Morgan fingerprint density at radius 3 is 2.48 bits per heavy atom. The summed E-state index contributed by atoms with van der Waals surface area (Å²) in [6, 6.07) is 6.16. The smallest absolute Gasteiger partial charge is 0.228 e. The van der Waals surface area contributed by atoms with E-state index in [2.05, 4.69) is 13.0 Å². The molecule has 1 aromatic carbocycles. The van der Waals surface area contributed by atoms with Crippen LogP contribution in [0.3, 0.4) is 0 Å². The van der Waals surface area contributed by atoms with Gasteiger partial charge in [-0.15, -0.1) is 0 Å². The highest BCUT2D eigenvalue weighted by Gasteiger charge is 2.38. The predicted molar refractivity (Wildman–Crippen MR) is 91.4 cm³/mol. The molecule has 0 radical (unpaired) electrons. The first-order chi connectivity index (χ1) is 10.9. The summed E-state index contributed by atoms with van der Waals surface area (Å²) in [4.78, 5) is 28.9. The molecule has 2 heterocycles. The third-order valence-corrected chi connectivity index (χ3v) is 4.96. The van der Waals surface area contributed by atoms with E-state index in [1.807, 2.05) is 30.9 Å². The Balaban J connectivity index is 1.73. The Kier molecular flexibility index (Phi) is 4.42. The molecule has 124 valence electrons. The van der Waals surface area contributed by atoms with E-state index in [9.17, 15) is 9.59 Å². The summed E-state index contributed by atoms with van der Waals surface area (Å²) < 4.78 is 0. The standard InChI is InChI=1S/C19H26N2O2/c1-13-5-4-6-20(11-13)19(23)16-10-18(22)21(12-16)17-8-14(2)7-15(3)9-17/h7-9,13,16H,4-6,10-12H2,1-3H3/t13-,16-/m1/s1. The number of nitrogens with zero attached hydrogens (tertiary/aromatic N) is 2. The quantitative estimate of drug-likeness (QED) is 0.842. The average molecular weight is 314 g/mol. The molecule has 2 aliphatic heterocycles. The van der Waals surface area contributed by atoms with Crippen LogP contribution in [0.5, 0.6) is 0 Å². The number of carbonyl (C=O) groups excluding carboxylic acids is 2. The summed E-state index contributed by atoms with van der Waals surface area (Å²) in [5, 5.41) is 0. The van der Waals surface area contributed by atoms with Crippen LogP contribution in [0.2, 0.25) is 0 Å². The zero-order chi connectivity index (χ0) is 16.6. The van der Waals surface area contributed by atoms with Gasteiger partial charge in [-0.3, -0.25) is 9.59 Å². The van der Waals surface area contributed by atoms with Gasteiger partial charge < -0.3 is 9.80 Å². The molecule has 2 aliphatic rings. The first-order valence-corrected chi connectivity index (χ1v) is 8.61. The van der Waals surface area contributed by atoms with Gasteiger partial charge in [0.2, 0.25) is 11.8 Å². The van der Waals surface area contributed by atoms with Crippen LogP contribution < -0.4 is 4.90 Å². The summed E-state index contributed by atoms with van der Waals surface area (Å²) in [6.45, 7) is 8.47. The Hall–Kier alpha value is -1.84. The number of hydrogen-bond acceptors (Lipinski definition) is 2. The Bertz CT molecular complexity index is 606. The number of aryl methyl sites for hydroxylation is 2. The fraction of sp³-hybridized carbons (Fsp3) is 0.579. The monoisotopic (exact) mass is 314 g/mol. The fourth-order valence-corrected chi connectivity index (χ4v) is 3.88. The molecule has 2 amide bonds. The van der Waals surface area contributed by atoms with Gasteiger partial charge in [-0.2, -0.15) is 0 Å². The van der Waals surface area contributed by atoms with Gasteiger partial charge in [-0.1, -0.05) is 13.0 Å². The largest absolute Gasteiger partial charge is 0.342 e. The van der Waals surface area contributed by atoms with E-state index in [4.69, 9.17) is 0 Å². The molecule has 0 unspecified atom stereocenters. The molecule has 2 saturated heterocycles. The molecule has 1 aromatic rings. The second-order valence-electron chi connectivity index (χ2n) is 7.28. The van der Waals surface area contributed by atoms with Crippen LogP contribution >= 0.6 is 0 Å². The maximum Gasteiger partial charge on any atom is 0.228 e. The molecule has 0 spiro atoms. The van der Waals surface area contributed by atoms with Crippen molar-refractivity contribution in [3.05, 3.63) is 29.3 Å². The highest BCUT2D eigenvalue weighted by atomic mass is 16.2. The van der Waals surface area contributed by atoms with E-state index in [0.717, 1.165) is 36.3 Å². The molecule has 2 fully saturated rings. The molecular weight excluding hydrogens is 288 g/mol. The van der Waals surface area contributed by atoms with E-state index in [-0.39, 0.29) is 17.7 Å². The average Bonchev–Trinajstić information content (AvgIpc) is 2.87. The number of rotatable bonds is 2. The lowest BCUT2D eigenvalue weighted by Gasteiger charge is -2.32. The number of carbonyl (C=O) groups is 2. The molecule has 0 bridgehead atoms. The predicted octanol–water partition coefficient (Wildman–Crippen LogP) is 2.91. The first kappa shape index (κ1) is 16.0. The van der Waals surface area contributed by atoms with Gasteiger partial charge in [-0.05, 0) is 55.9 Å². The van der Waals surface area contributed by atoms with E-state index in [0.29, 0.717) is 18.9 Å². The lowest BCUT2D eigenvalue weighted by atomic mass is 9.98. The number of likely N-dealkylation sites (tertiary alicyclic amines) is 1. The molecule has 0 aromatic heterocycles. The van der Waals surface area contributed by atoms with Crippen LogP contribution in [-0.2, 0) is 9.59 Å². The second-order valence-corrected chi connectivity index (χ2v) is 7.28. The Labute approximate surface area is 138 Å². The van der Waals surface area contributed by atoms with Gasteiger partial charge in [0.1, 0.15) is 0 Å². The van der Waals surface area contributed by atoms with Gasteiger partial charge in [0.15, 0.2) is 0 Å². The van der Waals surface area contributed by atoms with Crippen molar-refractivity contribution in [2.45, 2.75) is 40.0 Å². The van der Waals surface area contributed by atoms with Gasteiger partial charge in [0.05, 0.1) is 5.92 Å². The molecule has 0 N–H and O–H groups in total. The summed E-state index contributed by atoms with van der Waals surface area (Å²) in [5.41, 5.74) is 3.22. The van der Waals surface area contributed by atoms with Crippen LogP contribution in [0.25, 0.3) is 0 Å². The van der Waals surface area contributed by atoms with Gasteiger partial charge >= 0.3 is 0 Å². The molecule has 2 atom stereocenters. The molecule has 0 aliphatic carbocycles. The maximum absolute atomic E-state index is 12.7. The molecular formula is C19H26N2O2. The number of anilines is 1. The topological polar surface area (TPSA) is 40.6 Å². The number of piperidine rings is 1. The lowest BCUT2D eigenvalue weighted by molar-refractivity contribution is -0.137. The Morgan fingerprint density at radius 2 is 1.83 bits per heavy atom. The normalized spacial score (nSPS) is 25.1. The summed E-state index contributed by atoms with van der Waals surface area (Å²) in [6.07, 6.45) is 2.62. The van der Waals surface area contributed by atoms with E-state index < -0.39 is 0 Å². The highest BCUT2D eigenvalue weighted by molar-refractivity contribution is 6.00. The third-order valence-electron chi connectivity index (χ3n) is 4.96. The number of amides is 2. The lowest BCUT2D eigenvalue weighted by Crippen LogP contribution is -2.43. The molecule has 0 saturated carbocycles. The first-order valence-electron chi connectivity index (χ1n) is 8.61. The van der Waals surface area contributed by atoms with Crippen LogP contribution in [0.15, 0.2) is 18.2 Å². The molecule has 4 heteroatoms. The highest BCUT2D eigenvalue weighted by Crippen LogP contribution is 2.29. The van der Waals surface area contributed by atoms with Gasteiger partial charge in [0.25, 0.3) is 0 Å². The van der Waals surface area contributed by atoms with Crippen LogP contribution in [0.4, 0.5) is 5.69 Å². The number of hydrogen-bond donors (Lipinski definition) is 0. The zero-order valence-corrected chi connectivity index (χ0v) is 14.3. The van der Waals surface area contributed by atoms with Crippen molar-refractivity contribution < 1.29 is 9.59 Å². The van der Waals surface area contributed by atoms with E-state index in [1.165, 1.54) is 6.42 Å². The summed E-state index contributed by atoms with van der Waals surface area (Å²) in [5.74, 6) is 0.615. The zero-order valence-electron chi connectivity index (χ0n) is 14.3. The molecule has 4 nitrogen and oxygen atoms in total. The molecule has 3 rings (SSSR count). The minimum Gasteiger partial charge on any atom is -0.342 e. The van der Waals surface area contributed by atoms with Crippen molar-refractivity contribution >= 4 is 17.5 Å². The minimum atomic E-state index is -0.186. The minimum absolute atomic E-state index is 0.0680. The van der Waals surface area contributed by atoms with Gasteiger partial charge in [-0.25, -0.2) is 0 Å². The van der Waals surface area contributed by atoms with Crippen LogP contribution in [-0.4, -0.2) is 36.3 Å². The van der Waals surface area contributed by atoms with Crippen LogP contribution in [0, 0.1) is 25.7 Å². The maximum atomic E-state index is 12.7. The van der Waals surface area contributed by atoms with E-state index >= 15 is 0 Å². The SMILES string of the molecule is Cc1cc(C)cc(N2C[C@H](C(=O)N3CCC[C@@H](C)C3)CC2=O)c1. The van der Waals surface area contributed by atoms with Crippen molar-refractivity contribution in [1.82, 2.24) is 4.90 Å². The molecule has 23 heavy (non-hydrogen) atoms. The second kappa shape index (κ2) is 6.34. The fourth-order valence-electron chi connectivity index (χ4n) is 3.88. The summed E-state index contributed by atoms with van der Waals surface area (Å²) >= 11 is 0. The van der Waals surface area contributed by atoms with Crippen molar-refractivity contribution in [3.8, 4) is 0 Å². The van der Waals surface area contributed by atoms with E-state index in [1.54, 1.807) is 4.90 Å². The van der Waals surface area contributed by atoms with Crippen molar-refractivity contribution in [3.63, 3.8) is 0 Å². The number of benzene rings is 1. The Morgan fingerprint density at radius 1 is 1.13 bits per heavy atom. The van der Waals surface area contributed by atoms with Gasteiger partial charge in [0, 0.05) is 31.7 Å². The van der Waals surface area contributed by atoms with Crippen LogP contribution in [0.1, 0.15) is 37.3 Å².